The van der Waals surface area contributed by atoms with Crippen LogP contribution in [0, 0.1) is 0 Å². The van der Waals surface area contributed by atoms with Gasteiger partial charge >= 0.3 is 0 Å². The fourth-order valence-electron chi connectivity index (χ4n) is 4.88. The first-order chi connectivity index (χ1) is 16.4. The summed E-state index contributed by atoms with van der Waals surface area (Å²) in [4.78, 5) is 13.2. The standard InChI is InChI=1S/C25H27ClN4O3S/c26-23-11-10-21(34(32,33)29-15-13-18-6-4-5-7-19(18)17-29)16-22(23)25(31)28-24-12-14-27-30(24)20-8-2-1-3-9-20/h4-7,10-12,14,16,20H,1-3,8-9,13,15,17H2,(H,28,31). The summed E-state index contributed by atoms with van der Waals surface area (Å²) in [5.74, 6) is 0.137. The molecule has 9 heteroatoms. The largest absolute Gasteiger partial charge is 0.307 e. The fourth-order valence-corrected chi connectivity index (χ4v) is 6.53. The number of rotatable bonds is 5. The Balaban J connectivity index is 1.38. The van der Waals surface area contributed by atoms with E-state index < -0.39 is 15.9 Å². The quantitative estimate of drug-likeness (QED) is 0.534. The second kappa shape index (κ2) is 9.52. The van der Waals surface area contributed by atoms with Gasteiger partial charge in [-0.05, 0) is 48.6 Å². The third-order valence-corrected chi connectivity index (χ3v) is 8.92. The van der Waals surface area contributed by atoms with Crippen LogP contribution in [0.2, 0.25) is 5.02 Å². The Kier molecular flexibility index (Phi) is 6.46. The summed E-state index contributed by atoms with van der Waals surface area (Å²) in [6.07, 6.45) is 7.88. The number of aromatic nitrogens is 2. The number of hydrogen-bond donors (Lipinski definition) is 1. The van der Waals surface area contributed by atoms with Crippen LogP contribution in [0.5, 0.6) is 0 Å². The van der Waals surface area contributed by atoms with Gasteiger partial charge in [0, 0.05) is 19.2 Å². The molecular weight excluding hydrogens is 472 g/mol. The van der Waals surface area contributed by atoms with Crippen molar-refractivity contribution in [1.82, 2.24) is 14.1 Å². The molecule has 0 radical (unpaired) electrons. The van der Waals surface area contributed by atoms with Crippen molar-refractivity contribution < 1.29 is 13.2 Å². The number of carbonyl (C=O) groups is 1. The molecule has 0 saturated heterocycles. The van der Waals surface area contributed by atoms with E-state index in [1.807, 2.05) is 28.9 Å². The first-order valence-electron chi connectivity index (χ1n) is 11.6. The molecule has 1 saturated carbocycles. The Morgan fingerprint density at radius 3 is 2.59 bits per heavy atom. The van der Waals surface area contributed by atoms with Crippen LogP contribution in [-0.4, -0.2) is 35.0 Å². The molecule has 5 rings (SSSR count). The molecule has 0 bridgehead atoms. The van der Waals surface area contributed by atoms with Crippen LogP contribution < -0.4 is 5.32 Å². The predicted octanol–water partition coefficient (Wildman–Crippen LogP) is 5.04. The molecule has 0 spiro atoms. The molecule has 7 nitrogen and oxygen atoms in total. The lowest BCUT2D eigenvalue weighted by molar-refractivity contribution is 0.102. The maximum absolute atomic E-state index is 13.4. The van der Waals surface area contributed by atoms with Gasteiger partial charge in [-0.3, -0.25) is 4.79 Å². The highest BCUT2D eigenvalue weighted by atomic mass is 35.5. The number of benzene rings is 2. The van der Waals surface area contributed by atoms with Gasteiger partial charge in [0.1, 0.15) is 5.82 Å². The average molecular weight is 499 g/mol. The van der Waals surface area contributed by atoms with Crippen molar-refractivity contribution in [3.05, 3.63) is 76.4 Å². The number of amides is 1. The third kappa shape index (κ3) is 4.50. The zero-order chi connectivity index (χ0) is 23.7. The molecule has 0 unspecified atom stereocenters. The lowest BCUT2D eigenvalue weighted by Crippen LogP contribution is -2.36. The molecule has 1 N–H and O–H groups in total. The molecule has 1 amide bonds. The smallest absolute Gasteiger partial charge is 0.258 e. The van der Waals surface area contributed by atoms with Crippen molar-refractivity contribution in [2.75, 3.05) is 11.9 Å². The highest BCUT2D eigenvalue weighted by Crippen LogP contribution is 2.31. The minimum absolute atomic E-state index is 0.0576. The highest BCUT2D eigenvalue weighted by molar-refractivity contribution is 7.89. The molecule has 1 fully saturated rings. The number of halogens is 1. The topological polar surface area (TPSA) is 84.3 Å². The molecule has 2 aromatic carbocycles. The second-order valence-corrected chi connectivity index (χ2v) is 11.3. The highest BCUT2D eigenvalue weighted by Gasteiger charge is 2.29. The molecule has 2 aliphatic rings. The number of sulfonamides is 1. The number of hydrogen-bond acceptors (Lipinski definition) is 4. The second-order valence-electron chi connectivity index (χ2n) is 8.91. The molecular formula is C25H27ClN4O3S. The lowest BCUT2D eigenvalue weighted by atomic mass is 9.96. The molecule has 0 atom stereocenters. The summed E-state index contributed by atoms with van der Waals surface area (Å²) in [5, 5.41) is 7.49. The van der Waals surface area contributed by atoms with E-state index in [2.05, 4.69) is 10.4 Å². The van der Waals surface area contributed by atoms with Gasteiger partial charge in [-0.1, -0.05) is 55.1 Å². The van der Waals surface area contributed by atoms with Crippen molar-refractivity contribution in [1.29, 1.82) is 0 Å². The Labute approximate surface area is 204 Å². The van der Waals surface area contributed by atoms with Crippen molar-refractivity contribution in [3.8, 4) is 0 Å². The summed E-state index contributed by atoms with van der Waals surface area (Å²) in [6, 6.07) is 14.2. The van der Waals surface area contributed by atoms with Crippen LogP contribution in [0.1, 0.15) is 59.6 Å². The Morgan fingerprint density at radius 1 is 1.03 bits per heavy atom. The van der Waals surface area contributed by atoms with E-state index in [4.69, 9.17) is 11.6 Å². The molecule has 3 aromatic rings. The average Bonchev–Trinajstić information content (AvgIpc) is 3.32. The van der Waals surface area contributed by atoms with E-state index in [0.29, 0.717) is 25.3 Å². The van der Waals surface area contributed by atoms with Crippen LogP contribution in [0.3, 0.4) is 0 Å². The SMILES string of the molecule is O=C(Nc1ccnn1C1CCCCC1)c1cc(S(=O)(=O)N2CCc3ccccc3C2)ccc1Cl. The van der Waals surface area contributed by atoms with Gasteiger partial charge in [0.05, 0.1) is 27.7 Å². The van der Waals surface area contributed by atoms with Gasteiger partial charge < -0.3 is 5.32 Å². The first-order valence-corrected chi connectivity index (χ1v) is 13.5. The van der Waals surface area contributed by atoms with Gasteiger partial charge in [-0.15, -0.1) is 0 Å². The van der Waals surface area contributed by atoms with Crippen molar-refractivity contribution in [2.24, 2.45) is 0 Å². The zero-order valence-electron chi connectivity index (χ0n) is 18.8. The van der Waals surface area contributed by atoms with E-state index in [1.165, 1.54) is 34.5 Å². The monoisotopic (exact) mass is 498 g/mol. The van der Waals surface area contributed by atoms with Crippen LogP contribution in [0.4, 0.5) is 5.82 Å². The maximum atomic E-state index is 13.4. The van der Waals surface area contributed by atoms with Crippen LogP contribution in [-0.2, 0) is 23.0 Å². The van der Waals surface area contributed by atoms with E-state index in [1.54, 1.807) is 12.3 Å². The van der Waals surface area contributed by atoms with E-state index in [0.717, 1.165) is 31.2 Å². The molecule has 1 aliphatic heterocycles. The summed E-state index contributed by atoms with van der Waals surface area (Å²) in [7, 11) is -3.79. The predicted molar refractivity (Wildman–Crippen MR) is 131 cm³/mol. The van der Waals surface area contributed by atoms with Crippen LogP contribution >= 0.6 is 11.6 Å². The molecule has 2 heterocycles. The van der Waals surface area contributed by atoms with Gasteiger partial charge in [0.2, 0.25) is 10.0 Å². The molecule has 1 aromatic heterocycles. The van der Waals surface area contributed by atoms with Crippen LogP contribution in [0.15, 0.2) is 59.6 Å². The number of nitrogens with zero attached hydrogens (tertiary/aromatic N) is 3. The van der Waals surface area contributed by atoms with Gasteiger partial charge in [-0.25, -0.2) is 13.1 Å². The summed E-state index contributed by atoms with van der Waals surface area (Å²) >= 11 is 6.33. The minimum Gasteiger partial charge on any atom is -0.307 e. The summed E-state index contributed by atoms with van der Waals surface area (Å²) < 4.78 is 30.1. The van der Waals surface area contributed by atoms with E-state index >= 15 is 0 Å². The maximum Gasteiger partial charge on any atom is 0.258 e. The first kappa shape index (κ1) is 23.1. The van der Waals surface area contributed by atoms with E-state index in [-0.39, 0.29) is 21.5 Å². The molecule has 34 heavy (non-hydrogen) atoms. The van der Waals surface area contributed by atoms with Gasteiger partial charge in [-0.2, -0.15) is 9.40 Å². The fraction of sp³-hybridized carbons (Fsp3) is 0.360. The number of fused-ring (bicyclic) bond motifs is 1. The number of anilines is 1. The van der Waals surface area contributed by atoms with Crippen LogP contribution in [0.25, 0.3) is 0 Å². The van der Waals surface area contributed by atoms with Gasteiger partial charge in [0.25, 0.3) is 5.91 Å². The Morgan fingerprint density at radius 2 is 1.79 bits per heavy atom. The van der Waals surface area contributed by atoms with E-state index in [9.17, 15) is 13.2 Å². The third-order valence-electron chi connectivity index (χ3n) is 6.75. The normalized spacial score (nSPS) is 17.3. The Hall–Kier alpha value is -2.68. The molecule has 1 aliphatic carbocycles. The zero-order valence-corrected chi connectivity index (χ0v) is 20.4. The number of carbonyl (C=O) groups excluding carboxylic acids is 1. The summed E-state index contributed by atoms with van der Waals surface area (Å²) in [5.41, 5.74) is 2.29. The van der Waals surface area contributed by atoms with Crippen molar-refractivity contribution in [3.63, 3.8) is 0 Å². The summed E-state index contributed by atoms with van der Waals surface area (Å²) in [6.45, 7) is 0.702. The molecule has 178 valence electrons. The lowest BCUT2D eigenvalue weighted by Gasteiger charge is -2.28. The Bertz CT molecular complexity index is 1320. The van der Waals surface area contributed by atoms with Crippen molar-refractivity contribution >= 4 is 33.3 Å². The minimum atomic E-state index is -3.79. The van der Waals surface area contributed by atoms with Gasteiger partial charge in [0.15, 0.2) is 0 Å². The van der Waals surface area contributed by atoms with Crippen molar-refractivity contribution in [2.45, 2.75) is 56.0 Å². The number of nitrogens with one attached hydrogen (secondary N) is 1.